The summed E-state index contributed by atoms with van der Waals surface area (Å²) in [7, 11) is 0. The number of para-hydroxylation sites is 1. The number of amides is 1. The van der Waals surface area contributed by atoms with Gasteiger partial charge in [0, 0.05) is 25.9 Å². The molecule has 1 aromatic heterocycles. The second kappa shape index (κ2) is 6.10. The Hall–Kier alpha value is -2.14. The third-order valence-electron chi connectivity index (χ3n) is 3.94. The Bertz CT molecular complexity index is 609. The molecule has 0 saturated carbocycles. The van der Waals surface area contributed by atoms with Crippen molar-refractivity contribution in [2.75, 3.05) is 19.7 Å². The minimum atomic E-state index is -0.0230. The molecule has 2 aromatic rings. The van der Waals surface area contributed by atoms with Gasteiger partial charge in [0.15, 0.2) is 5.69 Å². The normalized spacial score (nSPS) is 18.1. The maximum atomic E-state index is 12.4. The van der Waals surface area contributed by atoms with E-state index >= 15 is 0 Å². The standard InChI is InChI=1S/C16H19N3O2/c20-11-8-13-6-9-18(12-13)16(21)15-7-10-19(17-15)14-4-2-1-3-5-14/h1-5,7,10,13,20H,6,8-9,11-12H2. The van der Waals surface area contributed by atoms with Crippen molar-refractivity contribution in [2.24, 2.45) is 5.92 Å². The van der Waals surface area contributed by atoms with Crippen molar-refractivity contribution in [2.45, 2.75) is 12.8 Å². The molecule has 1 atom stereocenters. The summed E-state index contributed by atoms with van der Waals surface area (Å²) < 4.78 is 1.72. The summed E-state index contributed by atoms with van der Waals surface area (Å²) >= 11 is 0. The second-order valence-corrected chi connectivity index (χ2v) is 5.40. The molecule has 1 unspecified atom stereocenters. The Morgan fingerprint density at radius 3 is 2.86 bits per heavy atom. The average Bonchev–Trinajstić information content (AvgIpc) is 3.17. The minimum Gasteiger partial charge on any atom is -0.396 e. The quantitative estimate of drug-likeness (QED) is 0.930. The van der Waals surface area contributed by atoms with Crippen molar-refractivity contribution in [1.82, 2.24) is 14.7 Å². The molecule has 3 rings (SSSR count). The molecular formula is C16H19N3O2. The predicted octanol–water partition coefficient (Wildman–Crippen LogP) is 1.72. The van der Waals surface area contributed by atoms with Crippen LogP contribution < -0.4 is 0 Å². The number of benzene rings is 1. The Morgan fingerprint density at radius 2 is 2.10 bits per heavy atom. The first-order valence-electron chi connectivity index (χ1n) is 7.29. The average molecular weight is 285 g/mol. The van der Waals surface area contributed by atoms with Crippen molar-refractivity contribution >= 4 is 5.91 Å². The van der Waals surface area contributed by atoms with E-state index in [2.05, 4.69) is 5.10 Å². The molecule has 21 heavy (non-hydrogen) atoms. The summed E-state index contributed by atoms with van der Waals surface area (Å²) in [5.74, 6) is 0.389. The first-order valence-corrected chi connectivity index (χ1v) is 7.29. The highest BCUT2D eigenvalue weighted by Gasteiger charge is 2.27. The zero-order valence-electron chi connectivity index (χ0n) is 11.9. The first kappa shape index (κ1) is 13.8. The smallest absolute Gasteiger partial charge is 0.274 e. The topological polar surface area (TPSA) is 58.4 Å². The predicted molar refractivity (Wildman–Crippen MR) is 79.3 cm³/mol. The van der Waals surface area contributed by atoms with Gasteiger partial charge in [0.2, 0.25) is 0 Å². The summed E-state index contributed by atoms with van der Waals surface area (Å²) in [5.41, 5.74) is 1.42. The van der Waals surface area contributed by atoms with E-state index in [4.69, 9.17) is 5.11 Å². The lowest BCUT2D eigenvalue weighted by atomic mass is 10.1. The maximum Gasteiger partial charge on any atom is 0.274 e. The van der Waals surface area contributed by atoms with Crippen LogP contribution in [0.2, 0.25) is 0 Å². The van der Waals surface area contributed by atoms with Crippen LogP contribution in [0.1, 0.15) is 23.3 Å². The lowest BCUT2D eigenvalue weighted by molar-refractivity contribution is 0.0778. The van der Waals surface area contributed by atoms with Gasteiger partial charge < -0.3 is 10.0 Å². The van der Waals surface area contributed by atoms with Crippen molar-refractivity contribution in [1.29, 1.82) is 0 Å². The molecule has 1 saturated heterocycles. The fourth-order valence-electron chi connectivity index (χ4n) is 2.76. The summed E-state index contributed by atoms with van der Waals surface area (Å²) in [6, 6.07) is 11.5. The number of aliphatic hydroxyl groups excluding tert-OH is 1. The van der Waals surface area contributed by atoms with Crippen molar-refractivity contribution in [3.05, 3.63) is 48.3 Å². The van der Waals surface area contributed by atoms with Gasteiger partial charge in [0.1, 0.15) is 0 Å². The Morgan fingerprint density at radius 1 is 1.29 bits per heavy atom. The van der Waals surface area contributed by atoms with Crippen LogP contribution in [0, 0.1) is 5.92 Å². The van der Waals surface area contributed by atoms with Gasteiger partial charge in [0.25, 0.3) is 5.91 Å². The third-order valence-corrected chi connectivity index (χ3v) is 3.94. The van der Waals surface area contributed by atoms with Crippen LogP contribution in [0.25, 0.3) is 5.69 Å². The molecule has 1 amide bonds. The number of hydrogen-bond acceptors (Lipinski definition) is 3. The molecule has 0 aliphatic carbocycles. The number of rotatable bonds is 4. The van der Waals surface area contributed by atoms with Gasteiger partial charge in [-0.2, -0.15) is 5.10 Å². The van der Waals surface area contributed by atoms with Crippen molar-refractivity contribution < 1.29 is 9.90 Å². The van der Waals surface area contributed by atoms with E-state index in [-0.39, 0.29) is 12.5 Å². The summed E-state index contributed by atoms with van der Waals surface area (Å²) in [6.07, 6.45) is 3.54. The molecule has 0 bridgehead atoms. The molecule has 1 aliphatic heterocycles. The second-order valence-electron chi connectivity index (χ2n) is 5.40. The molecule has 1 N–H and O–H groups in total. The molecule has 0 radical (unpaired) electrons. The number of aromatic nitrogens is 2. The van der Waals surface area contributed by atoms with Crippen LogP contribution in [0.5, 0.6) is 0 Å². The van der Waals surface area contributed by atoms with Crippen molar-refractivity contribution in [3.63, 3.8) is 0 Å². The van der Waals surface area contributed by atoms with Gasteiger partial charge in [-0.1, -0.05) is 18.2 Å². The third kappa shape index (κ3) is 2.97. The zero-order chi connectivity index (χ0) is 14.7. The van der Waals surface area contributed by atoms with E-state index in [1.807, 2.05) is 41.4 Å². The zero-order valence-corrected chi connectivity index (χ0v) is 11.9. The number of carbonyl (C=O) groups excluding carboxylic acids is 1. The Balaban J connectivity index is 1.70. The van der Waals surface area contributed by atoms with Gasteiger partial charge in [0.05, 0.1) is 5.69 Å². The molecule has 0 spiro atoms. The van der Waals surface area contributed by atoms with E-state index < -0.39 is 0 Å². The van der Waals surface area contributed by atoms with E-state index in [1.54, 1.807) is 10.7 Å². The van der Waals surface area contributed by atoms with Crippen LogP contribution in [-0.4, -0.2) is 45.4 Å². The maximum absolute atomic E-state index is 12.4. The van der Waals surface area contributed by atoms with E-state index in [0.29, 0.717) is 11.6 Å². The molecule has 2 heterocycles. The SMILES string of the molecule is O=C(c1ccn(-c2ccccc2)n1)N1CCC(CCO)C1. The van der Waals surface area contributed by atoms with Gasteiger partial charge in [-0.15, -0.1) is 0 Å². The first-order chi connectivity index (χ1) is 10.3. The van der Waals surface area contributed by atoms with Gasteiger partial charge in [-0.25, -0.2) is 4.68 Å². The molecular weight excluding hydrogens is 266 g/mol. The van der Waals surface area contributed by atoms with Crippen LogP contribution in [-0.2, 0) is 0 Å². The van der Waals surface area contributed by atoms with Crippen LogP contribution >= 0.6 is 0 Å². The monoisotopic (exact) mass is 285 g/mol. The Kier molecular flexibility index (Phi) is 4.01. The number of carbonyl (C=O) groups is 1. The molecule has 5 nitrogen and oxygen atoms in total. The summed E-state index contributed by atoms with van der Waals surface area (Å²) in [6.45, 7) is 1.66. The van der Waals surface area contributed by atoms with Crippen LogP contribution in [0.3, 0.4) is 0 Å². The molecule has 110 valence electrons. The number of aliphatic hydroxyl groups is 1. The van der Waals surface area contributed by atoms with E-state index in [9.17, 15) is 4.79 Å². The lowest BCUT2D eigenvalue weighted by Crippen LogP contribution is -2.29. The Labute approximate surface area is 123 Å². The largest absolute Gasteiger partial charge is 0.396 e. The summed E-state index contributed by atoms with van der Waals surface area (Å²) in [4.78, 5) is 14.3. The minimum absolute atomic E-state index is 0.0230. The number of likely N-dealkylation sites (tertiary alicyclic amines) is 1. The fraction of sp³-hybridized carbons (Fsp3) is 0.375. The number of hydrogen-bond donors (Lipinski definition) is 1. The lowest BCUT2D eigenvalue weighted by Gasteiger charge is -2.14. The van der Waals surface area contributed by atoms with Gasteiger partial charge >= 0.3 is 0 Å². The molecule has 1 fully saturated rings. The highest BCUT2D eigenvalue weighted by atomic mass is 16.3. The molecule has 1 aromatic carbocycles. The van der Waals surface area contributed by atoms with E-state index in [1.165, 1.54) is 0 Å². The fourth-order valence-corrected chi connectivity index (χ4v) is 2.76. The molecule has 5 heteroatoms. The van der Waals surface area contributed by atoms with Gasteiger partial charge in [-0.05, 0) is 37.0 Å². The molecule has 1 aliphatic rings. The van der Waals surface area contributed by atoms with E-state index in [0.717, 1.165) is 31.6 Å². The van der Waals surface area contributed by atoms with Crippen molar-refractivity contribution in [3.8, 4) is 5.69 Å². The van der Waals surface area contributed by atoms with Gasteiger partial charge in [-0.3, -0.25) is 4.79 Å². The highest BCUT2D eigenvalue weighted by Crippen LogP contribution is 2.21. The highest BCUT2D eigenvalue weighted by molar-refractivity contribution is 5.92. The van der Waals surface area contributed by atoms with Crippen LogP contribution in [0.15, 0.2) is 42.6 Å². The number of nitrogens with zero attached hydrogens (tertiary/aromatic N) is 3. The summed E-state index contributed by atoms with van der Waals surface area (Å²) in [5, 5.41) is 13.4. The van der Waals surface area contributed by atoms with Crippen LogP contribution in [0.4, 0.5) is 0 Å².